The first-order valence-corrected chi connectivity index (χ1v) is 10.7. The average Bonchev–Trinajstić information content (AvgIpc) is 2.76. The van der Waals surface area contributed by atoms with Gasteiger partial charge in [0.2, 0.25) is 0 Å². The van der Waals surface area contributed by atoms with Crippen LogP contribution in [0.2, 0.25) is 0 Å². The van der Waals surface area contributed by atoms with E-state index in [1.54, 1.807) is 7.05 Å². The second kappa shape index (κ2) is 10.6. The van der Waals surface area contributed by atoms with E-state index < -0.39 is 11.7 Å². The minimum absolute atomic E-state index is 0.455. The number of benzene rings is 2. The standard InChI is InChI=1S/C25H31N5O2/c1-25(2,3)32-24(31)30-20-11-9-18(10-12-20)13-15-28-23(26-4)29-17-19-14-16-27-22-8-6-5-7-21(19)22/h5-12,14,16H,13,15,17H2,1-4H3,(H,30,31)(H2,26,28,29). The molecule has 3 rings (SSSR count). The zero-order chi connectivity index (χ0) is 23.0. The molecule has 0 aliphatic heterocycles. The minimum Gasteiger partial charge on any atom is -0.444 e. The molecule has 2 aromatic carbocycles. The first kappa shape index (κ1) is 23.1. The molecule has 0 unspecified atom stereocenters. The van der Waals surface area contributed by atoms with Crippen LogP contribution in [-0.2, 0) is 17.7 Å². The molecule has 0 saturated heterocycles. The van der Waals surface area contributed by atoms with E-state index in [1.165, 1.54) is 5.56 Å². The van der Waals surface area contributed by atoms with Gasteiger partial charge in [-0.3, -0.25) is 15.3 Å². The number of nitrogens with zero attached hydrogens (tertiary/aromatic N) is 2. The lowest BCUT2D eigenvalue weighted by atomic mass is 10.1. The summed E-state index contributed by atoms with van der Waals surface area (Å²) in [6, 6.07) is 17.9. The highest BCUT2D eigenvalue weighted by molar-refractivity contribution is 5.85. The van der Waals surface area contributed by atoms with Gasteiger partial charge in [-0.05, 0) is 62.6 Å². The summed E-state index contributed by atoms with van der Waals surface area (Å²) in [5, 5.41) is 10.6. The summed E-state index contributed by atoms with van der Waals surface area (Å²) in [4.78, 5) is 20.6. The molecule has 0 saturated carbocycles. The number of amides is 1. The quantitative estimate of drug-likeness (QED) is 0.394. The number of pyridine rings is 1. The van der Waals surface area contributed by atoms with Gasteiger partial charge >= 0.3 is 6.09 Å². The topological polar surface area (TPSA) is 87.6 Å². The Bertz CT molecular complexity index is 1070. The maximum Gasteiger partial charge on any atom is 0.412 e. The summed E-state index contributed by atoms with van der Waals surface area (Å²) in [6.45, 7) is 6.91. The summed E-state index contributed by atoms with van der Waals surface area (Å²) in [7, 11) is 1.76. The van der Waals surface area contributed by atoms with Crippen molar-refractivity contribution in [2.24, 2.45) is 4.99 Å². The fourth-order valence-electron chi connectivity index (χ4n) is 3.21. The third-order valence-electron chi connectivity index (χ3n) is 4.71. The van der Waals surface area contributed by atoms with Crippen molar-refractivity contribution in [2.75, 3.05) is 18.9 Å². The molecule has 7 nitrogen and oxygen atoms in total. The number of nitrogens with one attached hydrogen (secondary N) is 3. The van der Waals surface area contributed by atoms with Gasteiger partial charge in [-0.15, -0.1) is 0 Å². The Morgan fingerprint density at radius 2 is 1.78 bits per heavy atom. The number of aromatic nitrogens is 1. The van der Waals surface area contributed by atoms with Crippen LogP contribution >= 0.6 is 0 Å². The molecular formula is C25H31N5O2. The highest BCUT2D eigenvalue weighted by Crippen LogP contribution is 2.16. The van der Waals surface area contributed by atoms with Gasteiger partial charge in [0.25, 0.3) is 0 Å². The van der Waals surface area contributed by atoms with Crippen LogP contribution < -0.4 is 16.0 Å². The van der Waals surface area contributed by atoms with Gasteiger partial charge in [0, 0.05) is 37.4 Å². The van der Waals surface area contributed by atoms with Crippen LogP contribution in [0.4, 0.5) is 10.5 Å². The number of aliphatic imine (C=N–C) groups is 1. The largest absolute Gasteiger partial charge is 0.444 e. The first-order valence-electron chi connectivity index (χ1n) is 10.7. The van der Waals surface area contributed by atoms with Gasteiger partial charge in [0.1, 0.15) is 5.60 Å². The number of guanidine groups is 1. The van der Waals surface area contributed by atoms with E-state index in [0.717, 1.165) is 35.4 Å². The molecule has 0 atom stereocenters. The Balaban J connectivity index is 1.46. The third-order valence-corrected chi connectivity index (χ3v) is 4.71. The number of carbonyl (C=O) groups is 1. The fraction of sp³-hybridized carbons (Fsp3) is 0.320. The Hall–Kier alpha value is -3.61. The van der Waals surface area contributed by atoms with E-state index >= 15 is 0 Å². The Morgan fingerprint density at radius 3 is 2.50 bits per heavy atom. The zero-order valence-electron chi connectivity index (χ0n) is 19.1. The van der Waals surface area contributed by atoms with Gasteiger partial charge in [0.05, 0.1) is 5.52 Å². The molecule has 0 fully saturated rings. The summed E-state index contributed by atoms with van der Waals surface area (Å²) in [5.74, 6) is 0.745. The molecule has 1 amide bonds. The molecule has 168 valence electrons. The second-order valence-corrected chi connectivity index (χ2v) is 8.41. The summed E-state index contributed by atoms with van der Waals surface area (Å²) in [6.07, 6.45) is 2.20. The van der Waals surface area contributed by atoms with Crippen LogP contribution in [0.3, 0.4) is 0 Å². The monoisotopic (exact) mass is 433 g/mol. The van der Waals surface area contributed by atoms with E-state index in [2.05, 4.69) is 32.0 Å². The van der Waals surface area contributed by atoms with E-state index in [9.17, 15) is 4.79 Å². The minimum atomic E-state index is -0.521. The highest BCUT2D eigenvalue weighted by Gasteiger charge is 2.16. The molecule has 0 radical (unpaired) electrons. The number of hydrogen-bond acceptors (Lipinski definition) is 4. The van der Waals surface area contributed by atoms with Crippen LogP contribution in [0.25, 0.3) is 10.9 Å². The molecule has 32 heavy (non-hydrogen) atoms. The van der Waals surface area contributed by atoms with Crippen molar-refractivity contribution in [1.29, 1.82) is 0 Å². The number of ether oxygens (including phenoxy) is 1. The molecule has 0 aliphatic rings. The molecular weight excluding hydrogens is 402 g/mol. The van der Waals surface area contributed by atoms with E-state index in [0.29, 0.717) is 12.2 Å². The van der Waals surface area contributed by atoms with Gasteiger partial charge in [-0.2, -0.15) is 0 Å². The van der Waals surface area contributed by atoms with Gasteiger partial charge < -0.3 is 15.4 Å². The lowest BCUT2D eigenvalue weighted by molar-refractivity contribution is 0.0636. The number of hydrogen-bond donors (Lipinski definition) is 3. The molecule has 3 aromatic rings. The first-order chi connectivity index (χ1) is 15.3. The normalized spacial score (nSPS) is 11.8. The summed E-state index contributed by atoms with van der Waals surface area (Å²) < 4.78 is 5.27. The number of anilines is 1. The molecule has 3 N–H and O–H groups in total. The summed E-state index contributed by atoms with van der Waals surface area (Å²) in [5.41, 5.74) is 3.50. The van der Waals surface area contributed by atoms with Crippen LogP contribution in [0.1, 0.15) is 31.9 Å². The second-order valence-electron chi connectivity index (χ2n) is 8.41. The van der Waals surface area contributed by atoms with Crippen molar-refractivity contribution < 1.29 is 9.53 Å². The van der Waals surface area contributed by atoms with Crippen molar-refractivity contribution in [3.8, 4) is 0 Å². The molecule has 7 heteroatoms. The summed E-state index contributed by atoms with van der Waals surface area (Å²) >= 11 is 0. The van der Waals surface area contributed by atoms with E-state index in [1.807, 2.05) is 75.5 Å². The predicted octanol–water partition coefficient (Wildman–Crippen LogP) is 4.49. The number of fused-ring (bicyclic) bond motifs is 1. The predicted molar refractivity (Wildman–Crippen MR) is 130 cm³/mol. The Labute approximate surface area is 189 Å². The number of rotatable bonds is 6. The lowest BCUT2D eigenvalue weighted by Crippen LogP contribution is -2.37. The highest BCUT2D eigenvalue weighted by atomic mass is 16.6. The van der Waals surface area contributed by atoms with Crippen molar-refractivity contribution >= 4 is 28.6 Å². The lowest BCUT2D eigenvalue weighted by Gasteiger charge is -2.19. The average molecular weight is 434 g/mol. The molecule has 1 aromatic heterocycles. The molecule has 1 heterocycles. The fourth-order valence-corrected chi connectivity index (χ4v) is 3.21. The van der Waals surface area contributed by atoms with Gasteiger partial charge in [-0.1, -0.05) is 30.3 Å². The molecule has 0 bridgehead atoms. The van der Waals surface area contributed by atoms with E-state index in [-0.39, 0.29) is 0 Å². The van der Waals surface area contributed by atoms with Gasteiger partial charge in [-0.25, -0.2) is 4.79 Å². The maximum absolute atomic E-state index is 11.9. The van der Waals surface area contributed by atoms with Crippen LogP contribution in [0, 0.1) is 0 Å². The zero-order valence-corrected chi connectivity index (χ0v) is 19.1. The van der Waals surface area contributed by atoms with Crippen LogP contribution in [0.15, 0.2) is 65.8 Å². The van der Waals surface area contributed by atoms with Crippen LogP contribution in [0.5, 0.6) is 0 Å². The Morgan fingerprint density at radius 1 is 1.03 bits per heavy atom. The van der Waals surface area contributed by atoms with Gasteiger partial charge in [0.15, 0.2) is 5.96 Å². The number of carbonyl (C=O) groups excluding carboxylic acids is 1. The van der Waals surface area contributed by atoms with Crippen molar-refractivity contribution in [3.63, 3.8) is 0 Å². The van der Waals surface area contributed by atoms with Crippen molar-refractivity contribution in [3.05, 3.63) is 71.9 Å². The van der Waals surface area contributed by atoms with E-state index in [4.69, 9.17) is 4.74 Å². The SMILES string of the molecule is CN=C(NCCc1ccc(NC(=O)OC(C)(C)C)cc1)NCc1ccnc2ccccc12. The van der Waals surface area contributed by atoms with Crippen LogP contribution in [-0.4, -0.2) is 36.2 Å². The number of para-hydroxylation sites is 1. The molecule has 0 spiro atoms. The third kappa shape index (κ3) is 6.97. The smallest absolute Gasteiger partial charge is 0.412 e. The Kier molecular flexibility index (Phi) is 7.65. The van der Waals surface area contributed by atoms with Crippen molar-refractivity contribution in [2.45, 2.75) is 39.3 Å². The maximum atomic E-state index is 11.9. The van der Waals surface area contributed by atoms with Crippen molar-refractivity contribution in [1.82, 2.24) is 15.6 Å². The molecule has 0 aliphatic carbocycles.